The van der Waals surface area contributed by atoms with Crippen molar-refractivity contribution >= 4 is 34.4 Å². The summed E-state index contributed by atoms with van der Waals surface area (Å²) in [5, 5.41) is 8.23. The minimum Gasteiger partial charge on any atom is -0.463 e. The van der Waals surface area contributed by atoms with Crippen LogP contribution in [0.25, 0.3) is 0 Å². The molecule has 1 saturated heterocycles. The van der Waals surface area contributed by atoms with E-state index in [2.05, 4.69) is 10.0 Å². The lowest BCUT2D eigenvalue weighted by molar-refractivity contribution is -0.134. The number of carbonyl (C=O) groups excluding carboxylic acids is 2. The zero-order valence-corrected chi connectivity index (χ0v) is 19.6. The Morgan fingerprint density at radius 3 is 2.62 bits per heavy atom. The molecular weight excluding hydrogens is 455 g/mol. The van der Waals surface area contributed by atoms with Gasteiger partial charge >= 0.3 is 0 Å². The number of benzene rings is 1. The molecule has 4 heterocycles. The molecule has 1 aromatic carbocycles. The van der Waals surface area contributed by atoms with E-state index in [1.54, 1.807) is 34.7 Å². The SMILES string of the molecule is CC(=O)c1ccc(N2CCN(CC(=O)N3N=C(c4ccco4)CC3c3cccs3)CC2)c(F)c1. The molecule has 0 spiro atoms. The van der Waals surface area contributed by atoms with Crippen LogP contribution in [0.2, 0.25) is 0 Å². The molecule has 0 radical (unpaired) electrons. The van der Waals surface area contributed by atoms with Crippen molar-refractivity contribution in [3.63, 3.8) is 0 Å². The lowest BCUT2D eigenvalue weighted by Gasteiger charge is -2.36. The van der Waals surface area contributed by atoms with Gasteiger partial charge in [0.05, 0.1) is 24.5 Å². The number of furan rings is 1. The number of hydrazone groups is 1. The topological polar surface area (TPSA) is 69.4 Å². The lowest BCUT2D eigenvalue weighted by Crippen LogP contribution is -2.49. The van der Waals surface area contributed by atoms with E-state index < -0.39 is 5.82 Å². The number of halogens is 1. The van der Waals surface area contributed by atoms with Gasteiger partial charge in [0.15, 0.2) is 5.78 Å². The molecule has 1 amide bonds. The Morgan fingerprint density at radius 1 is 1.15 bits per heavy atom. The second kappa shape index (κ2) is 9.52. The molecule has 0 aliphatic carbocycles. The minimum atomic E-state index is -0.395. The fourth-order valence-corrected chi connectivity index (χ4v) is 5.24. The normalized spacial score (nSPS) is 18.9. The quantitative estimate of drug-likeness (QED) is 0.495. The summed E-state index contributed by atoms with van der Waals surface area (Å²) in [6.45, 7) is 4.13. The molecule has 3 aromatic rings. The van der Waals surface area contributed by atoms with Crippen LogP contribution in [0.5, 0.6) is 0 Å². The predicted molar refractivity (Wildman–Crippen MR) is 129 cm³/mol. The highest BCUT2D eigenvalue weighted by atomic mass is 32.1. The van der Waals surface area contributed by atoms with Gasteiger partial charge in [-0.3, -0.25) is 14.5 Å². The Morgan fingerprint density at radius 2 is 1.97 bits per heavy atom. The molecule has 0 saturated carbocycles. The first kappa shape index (κ1) is 22.5. The third-order valence-electron chi connectivity index (χ3n) is 6.27. The Balaban J connectivity index is 1.24. The summed E-state index contributed by atoms with van der Waals surface area (Å²) in [7, 11) is 0. The van der Waals surface area contributed by atoms with Crippen molar-refractivity contribution in [3.05, 3.63) is 76.1 Å². The van der Waals surface area contributed by atoms with Crippen molar-refractivity contribution in [3.8, 4) is 0 Å². The van der Waals surface area contributed by atoms with Crippen LogP contribution in [0.15, 0.2) is 63.6 Å². The van der Waals surface area contributed by atoms with Crippen LogP contribution in [0, 0.1) is 5.82 Å². The molecule has 7 nitrogen and oxygen atoms in total. The van der Waals surface area contributed by atoms with Crippen molar-refractivity contribution in [2.24, 2.45) is 5.10 Å². The second-order valence-corrected chi connectivity index (χ2v) is 9.46. The van der Waals surface area contributed by atoms with Crippen LogP contribution in [0.3, 0.4) is 0 Å². The predicted octanol–water partition coefficient (Wildman–Crippen LogP) is 4.18. The van der Waals surface area contributed by atoms with E-state index >= 15 is 0 Å². The summed E-state index contributed by atoms with van der Waals surface area (Å²) >= 11 is 1.61. The summed E-state index contributed by atoms with van der Waals surface area (Å²) < 4.78 is 20.1. The van der Waals surface area contributed by atoms with Gasteiger partial charge in [0.25, 0.3) is 5.91 Å². The number of thiophene rings is 1. The number of rotatable bonds is 6. The Bertz CT molecular complexity index is 1200. The molecule has 0 bridgehead atoms. The fraction of sp³-hybridized carbons (Fsp3) is 0.320. The zero-order chi connectivity index (χ0) is 23.7. The average molecular weight is 481 g/mol. The fourth-order valence-electron chi connectivity index (χ4n) is 4.43. The highest BCUT2D eigenvalue weighted by molar-refractivity contribution is 7.10. The third-order valence-corrected chi connectivity index (χ3v) is 7.24. The maximum atomic E-state index is 14.5. The van der Waals surface area contributed by atoms with E-state index in [9.17, 15) is 14.0 Å². The van der Waals surface area contributed by atoms with Crippen LogP contribution in [-0.4, -0.2) is 60.0 Å². The molecule has 9 heteroatoms. The maximum Gasteiger partial charge on any atom is 0.257 e. The summed E-state index contributed by atoms with van der Waals surface area (Å²) in [5.41, 5.74) is 1.62. The van der Waals surface area contributed by atoms with E-state index in [0.29, 0.717) is 49.6 Å². The number of piperazine rings is 1. The smallest absolute Gasteiger partial charge is 0.257 e. The van der Waals surface area contributed by atoms with E-state index in [4.69, 9.17) is 4.42 Å². The minimum absolute atomic E-state index is 0.0644. The number of amides is 1. The molecule has 2 aliphatic rings. The van der Waals surface area contributed by atoms with Crippen molar-refractivity contribution in [2.45, 2.75) is 19.4 Å². The van der Waals surface area contributed by atoms with E-state index in [1.807, 2.05) is 34.5 Å². The monoisotopic (exact) mass is 480 g/mol. The number of carbonyl (C=O) groups is 2. The summed E-state index contributed by atoms with van der Waals surface area (Å²) in [6.07, 6.45) is 2.22. The zero-order valence-electron chi connectivity index (χ0n) is 18.8. The van der Waals surface area contributed by atoms with Crippen molar-refractivity contribution in [1.29, 1.82) is 0 Å². The average Bonchev–Trinajstić information content (AvgIpc) is 3.60. The molecule has 2 aliphatic heterocycles. The number of hydrogen-bond acceptors (Lipinski definition) is 7. The molecule has 1 atom stereocenters. The van der Waals surface area contributed by atoms with Gasteiger partial charge in [-0.05, 0) is 48.7 Å². The molecule has 1 unspecified atom stereocenters. The number of hydrogen-bond donors (Lipinski definition) is 0. The molecular formula is C25H25FN4O3S. The number of Topliss-reactive ketones (excluding diaryl/α,β-unsaturated/α-hetero) is 1. The van der Waals surface area contributed by atoms with Crippen LogP contribution in [-0.2, 0) is 4.79 Å². The van der Waals surface area contributed by atoms with E-state index in [-0.39, 0.29) is 24.3 Å². The van der Waals surface area contributed by atoms with Gasteiger partial charge in [0.2, 0.25) is 0 Å². The van der Waals surface area contributed by atoms with Gasteiger partial charge in [0, 0.05) is 43.0 Å². The lowest BCUT2D eigenvalue weighted by atomic mass is 10.1. The summed E-state index contributed by atoms with van der Waals surface area (Å²) in [5.74, 6) is 0.0657. The summed E-state index contributed by atoms with van der Waals surface area (Å²) in [6, 6.07) is 12.2. The second-order valence-electron chi connectivity index (χ2n) is 8.48. The van der Waals surface area contributed by atoms with Crippen LogP contribution in [0.1, 0.15) is 40.4 Å². The number of ketones is 1. The molecule has 34 heavy (non-hydrogen) atoms. The maximum absolute atomic E-state index is 14.5. The molecule has 1 fully saturated rings. The van der Waals surface area contributed by atoms with Crippen molar-refractivity contribution < 1.29 is 18.4 Å². The number of nitrogens with zero attached hydrogens (tertiary/aromatic N) is 4. The number of anilines is 1. The standard InChI is InChI=1S/C25H25FN4O3S/c1-17(31)18-6-7-21(19(26)14-18)29-10-8-28(9-11-29)16-25(32)30-22(24-5-3-13-34-24)15-20(27-30)23-4-2-12-33-23/h2-7,12-14,22H,8-11,15-16H2,1H3. The Hall–Kier alpha value is -3.30. The molecule has 0 N–H and O–H groups in total. The third kappa shape index (κ3) is 4.53. The largest absolute Gasteiger partial charge is 0.463 e. The Kier molecular flexibility index (Phi) is 6.30. The van der Waals surface area contributed by atoms with Gasteiger partial charge in [-0.2, -0.15) is 5.10 Å². The van der Waals surface area contributed by atoms with Gasteiger partial charge < -0.3 is 9.32 Å². The van der Waals surface area contributed by atoms with Gasteiger partial charge in [-0.1, -0.05) is 6.07 Å². The molecule has 176 valence electrons. The van der Waals surface area contributed by atoms with Gasteiger partial charge in [-0.25, -0.2) is 9.40 Å². The summed E-state index contributed by atoms with van der Waals surface area (Å²) in [4.78, 5) is 29.9. The van der Waals surface area contributed by atoms with E-state index in [1.165, 1.54) is 13.0 Å². The first-order valence-electron chi connectivity index (χ1n) is 11.2. The van der Waals surface area contributed by atoms with Gasteiger partial charge in [-0.15, -0.1) is 11.3 Å². The highest BCUT2D eigenvalue weighted by Gasteiger charge is 2.35. The van der Waals surface area contributed by atoms with Gasteiger partial charge in [0.1, 0.15) is 17.3 Å². The molecule has 2 aromatic heterocycles. The first-order valence-corrected chi connectivity index (χ1v) is 12.1. The van der Waals surface area contributed by atoms with Crippen LogP contribution >= 0.6 is 11.3 Å². The van der Waals surface area contributed by atoms with Crippen LogP contribution in [0.4, 0.5) is 10.1 Å². The van der Waals surface area contributed by atoms with Crippen molar-refractivity contribution in [2.75, 3.05) is 37.6 Å². The van der Waals surface area contributed by atoms with Crippen molar-refractivity contribution in [1.82, 2.24) is 9.91 Å². The Labute approximate surface area is 201 Å². The highest BCUT2D eigenvalue weighted by Crippen LogP contribution is 2.35. The van der Waals surface area contributed by atoms with E-state index in [0.717, 1.165) is 10.6 Å². The first-order chi connectivity index (χ1) is 16.5. The molecule has 5 rings (SSSR count). The van der Waals surface area contributed by atoms with Crippen LogP contribution < -0.4 is 4.90 Å².